The molecule has 1 saturated heterocycles. The van der Waals surface area contributed by atoms with Crippen molar-refractivity contribution in [2.24, 2.45) is 0 Å². The van der Waals surface area contributed by atoms with Gasteiger partial charge in [-0.25, -0.2) is 0 Å². The van der Waals surface area contributed by atoms with Crippen LogP contribution in [-0.2, 0) is 11.3 Å². The molecule has 28 heavy (non-hydrogen) atoms. The third-order valence-electron chi connectivity index (χ3n) is 4.01. The molecule has 3 amide bonds. The molecule has 2 aromatic rings. The van der Waals surface area contributed by atoms with Gasteiger partial charge in [0.25, 0.3) is 17.1 Å². The van der Waals surface area contributed by atoms with Gasteiger partial charge in [-0.15, -0.1) is 0 Å². The zero-order chi connectivity index (χ0) is 20.1. The Labute approximate surface area is 166 Å². The molecule has 0 atom stereocenters. The van der Waals surface area contributed by atoms with Gasteiger partial charge in [-0.2, -0.15) is 0 Å². The minimum absolute atomic E-state index is 0.225. The minimum Gasteiger partial charge on any atom is -0.493 e. The molecule has 2 aromatic carbocycles. The van der Waals surface area contributed by atoms with Gasteiger partial charge in [0.15, 0.2) is 11.5 Å². The maximum Gasteiger partial charge on any atom is 0.290 e. The Morgan fingerprint density at radius 2 is 1.79 bits per heavy atom. The number of ether oxygens (including phenoxy) is 2. The number of hydrogen-bond acceptors (Lipinski definition) is 6. The van der Waals surface area contributed by atoms with E-state index in [1.165, 1.54) is 0 Å². The van der Waals surface area contributed by atoms with E-state index < -0.39 is 5.91 Å². The fourth-order valence-corrected chi connectivity index (χ4v) is 3.26. The van der Waals surface area contributed by atoms with Crippen LogP contribution in [0, 0.1) is 0 Å². The molecule has 8 heteroatoms. The zero-order valence-electron chi connectivity index (χ0n) is 15.3. The first kappa shape index (κ1) is 19.5. The molecule has 2 N–H and O–H groups in total. The summed E-state index contributed by atoms with van der Waals surface area (Å²) in [5.41, 5.74) is 2.09. The molecule has 0 unspecified atom stereocenters. The van der Waals surface area contributed by atoms with Crippen LogP contribution in [0.15, 0.2) is 47.4 Å². The summed E-state index contributed by atoms with van der Waals surface area (Å²) < 4.78 is 10.5. The predicted molar refractivity (Wildman–Crippen MR) is 106 cm³/mol. The van der Waals surface area contributed by atoms with E-state index in [0.717, 1.165) is 22.9 Å². The van der Waals surface area contributed by atoms with Crippen molar-refractivity contribution in [3.05, 3.63) is 64.1 Å². The van der Waals surface area contributed by atoms with E-state index in [1.807, 2.05) is 6.07 Å². The highest BCUT2D eigenvalue weighted by Crippen LogP contribution is 2.27. The van der Waals surface area contributed by atoms with Crippen LogP contribution >= 0.6 is 11.8 Å². The van der Waals surface area contributed by atoms with Gasteiger partial charge in [0.2, 0.25) is 0 Å². The first-order valence-corrected chi connectivity index (χ1v) is 9.16. The fourth-order valence-electron chi connectivity index (χ4n) is 2.58. The summed E-state index contributed by atoms with van der Waals surface area (Å²) in [7, 11) is 3.12. The molecule has 0 spiro atoms. The zero-order valence-corrected chi connectivity index (χ0v) is 16.1. The van der Waals surface area contributed by atoms with E-state index in [2.05, 4.69) is 10.6 Å². The van der Waals surface area contributed by atoms with Gasteiger partial charge in [-0.3, -0.25) is 19.7 Å². The predicted octanol–water partition coefficient (Wildman–Crippen LogP) is 2.96. The maximum atomic E-state index is 12.4. The summed E-state index contributed by atoms with van der Waals surface area (Å²) in [6.07, 6.45) is 1.61. The van der Waals surface area contributed by atoms with Gasteiger partial charge < -0.3 is 14.8 Å². The second kappa shape index (κ2) is 8.62. The highest BCUT2D eigenvalue weighted by atomic mass is 32.2. The van der Waals surface area contributed by atoms with Crippen molar-refractivity contribution >= 4 is 34.9 Å². The molecule has 1 fully saturated rings. The van der Waals surface area contributed by atoms with Crippen molar-refractivity contribution in [1.29, 1.82) is 0 Å². The Bertz CT molecular complexity index is 954. The van der Waals surface area contributed by atoms with Crippen molar-refractivity contribution in [3.63, 3.8) is 0 Å². The van der Waals surface area contributed by atoms with Gasteiger partial charge >= 0.3 is 0 Å². The standard InChI is InChI=1S/C20H18N2O5S/c1-26-15-8-5-13(9-16(15)27-2)11-21-18(23)14-6-3-12(4-7-14)10-17-19(24)22-20(25)28-17/h3-10H,11H2,1-2H3,(H,21,23)(H,22,24,25)/b17-10-. The molecular weight excluding hydrogens is 380 g/mol. The van der Waals surface area contributed by atoms with Crippen LogP contribution in [0.5, 0.6) is 11.5 Å². The van der Waals surface area contributed by atoms with Gasteiger partial charge in [-0.1, -0.05) is 18.2 Å². The lowest BCUT2D eigenvalue weighted by molar-refractivity contribution is -0.115. The third-order valence-corrected chi connectivity index (χ3v) is 4.82. The van der Waals surface area contributed by atoms with Crippen LogP contribution in [0.25, 0.3) is 6.08 Å². The van der Waals surface area contributed by atoms with Crippen LogP contribution in [0.3, 0.4) is 0 Å². The van der Waals surface area contributed by atoms with Crippen molar-refractivity contribution in [2.75, 3.05) is 14.2 Å². The highest BCUT2D eigenvalue weighted by molar-refractivity contribution is 8.18. The maximum absolute atomic E-state index is 12.4. The van der Waals surface area contributed by atoms with Crippen molar-refractivity contribution in [3.8, 4) is 11.5 Å². The van der Waals surface area contributed by atoms with Gasteiger partial charge in [0.1, 0.15) is 0 Å². The number of imide groups is 1. The molecular formula is C20H18N2O5S. The Hall–Kier alpha value is -3.26. The van der Waals surface area contributed by atoms with E-state index in [0.29, 0.717) is 28.5 Å². The lowest BCUT2D eigenvalue weighted by Crippen LogP contribution is -2.22. The molecule has 7 nitrogen and oxygen atoms in total. The third kappa shape index (κ3) is 4.52. The monoisotopic (exact) mass is 398 g/mol. The first-order valence-electron chi connectivity index (χ1n) is 8.34. The van der Waals surface area contributed by atoms with Crippen molar-refractivity contribution < 1.29 is 23.9 Å². The number of nitrogens with one attached hydrogen (secondary N) is 2. The first-order chi connectivity index (χ1) is 13.5. The van der Waals surface area contributed by atoms with Crippen LogP contribution in [0.4, 0.5) is 4.79 Å². The van der Waals surface area contributed by atoms with Gasteiger partial charge in [0.05, 0.1) is 19.1 Å². The summed E-state index contributed by atoms with van der Waals surface area (Å²) in [5.74, 6) is 0.584. The van der Waals surface area contributed by atoms with Crippen LogP contribution in [0.2, 0.25) is 0 Å². The smallest absolute Gasteiger partial charge is 0.290 e. The lowest BCUT2D eigenvalue weighted by Gasteiger charge is -2.10. The average molecular weight is 398 g/mol. The number of rotatable bonds is 6. The lowest BCUT2D eigenvalue weighted by atomic mass is 10.1. The molecule has 0 aliphatic carbocycles. The Morgan fingerprint density at radius 3 is 2.39 bits per heavy atom. The Morgan fingerprint density at radius 1 is 1.07 bits per heavy atom. The number of methoxy groups -OCH3 is 2. The van der Waals surface area contributed by atoms with Crippen molar-refractivity contribution in [1.82, 2.24) is 10.6 Å². The normalized spacial score (nSPS) is 14.7. The summed E-state index contributed by atoms with van der Waals surface area (Å²) in [4.78, 5) is 35.4. The number of carbonyl (C=O) groups excluding carboxylic acids is 3. The summed E-state index contributed by atoms with van der Waals surface area (Å²) in [6.45, 7) is 0.337. The van der Waals surface area contributed by atoms with Crippen LogP contribution in [0.1, 0.15) is 21.5 Å². The highest BCUT2D eigenvalue weighted by Gasteiger charge is 2.24. The molecule has 1 aliphatic rings. The molecule has 1 aliphatic heterocycles. The summed E-state index contributed by atoms with van der Waals surface area (Å²) in [6, 6.07) is 12.2. The van der Waals surface area contributed by atoms with E-state index in [1.54, 1.807) is 56.7 Å². The minimum atomic E-state index is -0.410. The second-order valence-corrected chi connectivity index (χ2v) is 6.86. The fraction of sp³-hybridized carbons (Fsp3) is 0.150. The van der Waals surface area contributed by atoms with E-state index in [9.17, 15) is 14.4 Å². The Balaban J connectivity index is 1.63. The largest absolute Gasteiger partial charge is 0.493 e. The number of benzene rings is 2. The summed E-state index contributed by atoms with van der Waals surface area (Å²) >= 11 is 0.853. The van der Waals surface area contributed by atoms with Crippen LogP contribution in [-0.4, -0.2) is 31.3 Å². The molecule has 3 rings (SSSR count). The van der Waals surface area contributed by atoms with E-state index in [4.69, 9.17) is 9.47 Å². The number of hydrogen-bond donors (Lipinski definition) is 2. The van der Waals surface area contributed by atoms with E-state index in [-0.39, 0.29) is 11.1 Å². The van der Waals surface area contributed by atoms with Crippen molar-refractivity contribution in [2.45, 2.75) is 6.54 Å². The number of thioether (sulfide) groups is 1. The second-order valence-electron chi connectivity index (χ2n) is 5.85. The molecule has 0 radical (unpaired) electrons. The number of amides is 3. The molecule has 0 aromatic heterocycles. The topological polar surface area (TPSA) is 93.7 Å². The molecule has 0 bridgehead atoms. The molecule has 0 saturated carbocycles. The summed E-state index contributed by atoms with van der Waals surface area (Å²) in [5, 5.41) is 4.66. The quantitative estimate of drug-likeness (QED) is 0.727. The van der Waals surface area contributed by atoms with Gasteiger partial charge in [-0.05, 0) is 53.2 Å². The molecule has 144 valence electrons. The van der Waals surface area contributed by atoms with Gasteiger partial charge in [0, 0.05) is 12.1 Å². The van der Waals surface area contributed by atoms with E-state index >= 15 is 0 Å². The number of carbonyl (C=O) groups is 3. The van der Waals surface area contributed by atoms with Crippen LogP contribution < -0.4 is 20.1 Å². The Kier molecular flexibility index (Phi) is 6.00. The SMILES string of the molecule is COc1ccc(CNC(=O)c2ccc(/C=C3\SC(=O)NC3=O)cc2)cc1OC. The molecule has 1 heterocycles. The average Bonchev–Trinajstić information content (AvgIpc) is 3.03.